The molecule has 146 valence electrons. The molecule has 0 spiro atoms. The summed E-state index contributed by atoms with van der Waals surface area (Å²) in [6.45, 7) is 0.506. The number of thiophene rings is 1. The summed E-state index contributed by atoms with van der Waals surface area (Å²) in [5.41, 5.74) is 2.31. The number of carbonyl (C=O) groups excluding carboxylic acids is 1. The van der Waals surface area contributed by atoms with Gasteiger partial charge in [-0.1, -0.05) is 24.3 Å². The molecule has 5 nitrogen and oxygen atoms in total. The molecule has 0 atom stereocenters. The Hall–Kier alpha value is -3.38. The predicted octanol–water partition coefficient (Wildman–Crippen LogP) is 5.19. The van der Waals surface area contributed by atoms with E-state index in [0.29, 0.717) is 18.1 Å². The van der Waals surface area contributed by atoms with E-state index in [9.17, 15) is 4.79 Å². The van der Waals surface area contributed by atoms with Gasteiger partial charge in [-0.05, 0) is 47.8 Å². The first-order chi connectivity index (χ1) is 14.2. The van der Waals surface area contributed by atoms with Gasteiger partial charge in [0.25, 0.3) is 0 Å². The van der Waals surface area contributed by atoms with Crippen LogP contribution in [0.2, 0.25) is 0 Å². The average Bonchev–Trinajstić information content (AvgIpc) is 3.45. The molecule has 0 saturated carbocycles. The summed E-state index contributed by atoms with van der Waals surface area (Å²) >= 11 is 1.63. The first-order valence-electron chi connectivity index (χ1n) is 9.19. The smallest absolute Gasteiger partial charge is 0.233 e. The quantitative estimate of drug-likeness (QED) is 0.425. The molecule has 2 heterocycles. The third-order valence-electron chi connectivity index (χ3n) is 4.48. The Morgan fingerprint density at radius 1 is 1.07 bits per heavy atom. The van der Waals surface area contributed by atoms with E-state index < -0.39 is 0 Å². The van der Waals surface area contributed by atoms with Crippen LogP contribution in [0.15, 0.2) is 82.8 Å². The SMILES string of the molecule is COc1ccc(N(Cc2cccs2)C(=O)Cc2coc(-c3ccccc3)n2)cc1. The number of nitrogens with zero attached hydrogens (tertiary/aromatic N) is 2. The molecule has 1 amide bonds. The van der Waals surface area contributed by atoms with Crippen molar-refractivity contribution in [3.63, 3.8) is 0 Å². The standard InChI is InChI=1S/C23H20N2O3S/c1-27-20-11-9-19(10-12-20)25(15-21-8-5-13-29-21)22(26)14-18-16-28-23(24-18)17-6-3-2-4-7-17/h2-13,16H,14-15H2,1H3. The Morgan fingerprint density at radius 3 is 2.55 bits per heavy atom. The zero-order valence-electron chi connectivity index (χ0n) is 15.9. The summed E-state index contributed by atoms with van der Waals surface area (Å²) in [5, 5.41) is 2.01. The van der Waals surface area contributed by atoms with E-state index in [1.807, 2.05) is 72.1 Å². The highest BCUT2D eigenvalue weighted by atomic mass is 32.1. The van der Waals surface area contributed by atoms with E-state index in [-0.39, 0.29) is 12.3 Å². The second-order valence-electron chi connectivity index (χ2n) is 6.44. The van der Waals surface area contributed by atoms with Crippen LogP contribution in [-0.4, -0.2) is 18.0 Å². The highest BCUT2D eigenvalue weighted by molar-refractivity contribution is 7.09. The van der Waals surface area contributed by atoms with Crippen LogP contribution in [0.5, 0.6) is 5.75 Å². The number of ether oxygens (including phenoxy) is 1. The van der Waals surface area contributed by atoms with Crippen LogP contribution < -0.4 is 9.64 Å². The number of carbonyl (C=O) groups is 1. The Bertz CT molecular complexity index is 1060. The van der Waals surface area contributed by atoms with Gasteiger partial charge in [-0.15, -0.1) is 11.3 Å². The lowest BCUT2D eigenvalue weighted by Gasteiger charge is -2.22. The predicted molar refractivity (Wildman–Crippen MR) is 114 cm³/mol. The van der Waals surface area contributed by atoms with Crippen molar-refractivity contribution in [1.29, 1.82) is 0 Å². The van der Waals surface area contributed by atoms with Crippen LogP contribution in [0, 0.1) is 0 Å². The van der Waals surface area contributed by atoms with Gasteiger partial charge in [-0.3, -0.25) is 4.79 Å². The van der Waals surface area contributed by atoms with Crippen LogP contribution >= 0.6 is 11.3 Å². The van der Waals surface area contributed by atoms with E-state index in [1.54, 1.807) is 29.6 Å². The first kappa shape index (κ1) is 19.0. The number of benzene rings is 2. The summed E-state index contributed by atoms with van der Waals surface area (Å²) in [5.74, 6) is 1.22. The molecule has 2 aromatic carbocycles. The van der Waals surface area contributed by atoms with Crippen LogP contribution in [0.1, 0.15) is 10.6 Å². The fraction of sp³-hybridized carbons (Fsp3) is 0.130. The first-order valence-corrected chi connectivity index (χ1v) is 10.1. The molecule has 4 aromatic rings. The van der Waals surface area contributed by atoms with E-state index >= 15 is 0 Å². The molecule has 0 aliphatic carbocycles. The fourth-order valence-electron chi connectivity index (χ4n) is 3.00. The highest BCUT2D eigenvalue weighted by Gasteiger charge is 2.19. The van der Waals surface area contributed by atoms with Gasteiger partial charge in [0, 0.05) is 16.1 Å². The van der Waals surface area contributed by atoms with Crippen molar-refractivity contribution in [3.8, 4) is 17.2 Å². The lowest BCUT2D eigenvalue weighted by molar-refractivity contribution is -0.118. The maximum Gasteiger partial charge on any atom is 0.233 e. The van der Waals surface area contributed by atoms with Gasteiger partial charge < -0.3 is 14.1 Å². The summed E-state index contributed by atoms with van der Waals surface area (Å²) < 4.78 is 10.8. The molecule has 2 aromatic heterocycles. The number of hydrogen-bond donors (Lipinski definition) is 0. The minimum Gasteiger partial charge on any atom is -0.497 e. The summed E-state index contributed by atoms with van der Waals surface area (Å²) in [6, 6.07) is 21.2. The molecule has 0 saturated heterocycles. The molecule has 29 heavy (non-hydrogen) atoms. The fourth-order valence-corrected chi connectivity index (χ4v) is 3.69. The van der Waals surface area contributed by atoms with Crippen molar-refractivity contribution < 1.29 is 13.9 Å². The number of oxazole rings is 1. The van der Waals surface area contributed by atoms with Gasteiger partial charge in [0.15, 0.2) is 0 Å². The lowest BCUT2D eigenvalue weighted by atomic mass is 10.2. The number of anilines is 1. The number of methoxy groups -OCH3 is 1. The minimum atomic E-state index is -0.0449. The molecule has 0 N–H and O–H groups in total. The molecule has 4 rings (SSSR count). The molecule has 0 fully saturated rings. The highest BCUT2D eigenvalue weighted by Crippen LogP contribution is 2.24. The number of hydrogen-bond acceptors (Lipinski definition) is 5. The Labute approximate surface area is 173 Å². The third kappa shape index (κ3) is 4.55. The van der Waals surface area contributed by atoms with E-state index in [1.165, 1.54) is 0 Å². The second-order valence-corrected chi connectivity index (χ2v) is 7.48. The summed E-state index contributed by atoms with van der Waals surface area (Å²) in [7, 11) is 1.62. The summed E-state index contributed by atoms with van der Waals surface area (Å²) in [4.78, 5) is 20.5. The minimum absolute atomic E-state index is 0.0449. The van der Waals surface area contributed by atoms with Crippen LogP contribution in [0.4, 0.5) is 5.69 Å². The lowest BCUT2D eigenvalue weighted by Crippen LogP contribution is -2.31. The van der Waals surface area contributed by atoms with Gasteiger partial charge in [0.05, 0.1) is 25.8 Å². The van der Waals surface area contributed by atoms with Crippen molar-refractivity contribution in [1.82, 2.24) is 4.98 Å². The van der Waals surface area contributed by atoms with Crippen molar-refractivity contribution >= 4 is 22.9 Å². The topological polar surface area (TPSA) is 55.6 Å². The number of rotatable bonds is 7. The Morgan fingerprint density at radius 2 is 1.86 bits per heavy atom. The number of aromatic nitrogens is 1. The normalized spacial score (nSPS) is 10.7. The van der Waals surface area contributed by atoms with E-state index in [0.717, 1.165) is 21.9 Å². The number of amides is 1. The molecule has 0 bridgehead atoms. The molecule has 0 radical (unpaired) electrons. The molecular formula is C23H20N2O3S. The zero-order valence-corrected chi connectivity index (χ0v) is 16.8. The van der Waals surface area contributed by atoms with E-state index in [4.69, 9.17) is 9.15 Å². The van der Waals surface area contributed by atoms with Crippen LogP contribution in [-0.2, 0) is 17.8 Å². The second kappa shape index (κ2) is 8.75. The van der Waals surface area contributed by atoms with E-state index in [2.05, 4.69) is 4.98 Å². The van der Waals surface area contributed by atoms with Crippen molar-refractivity contribution in [3.05, 3.63) is 88.9 Å². The molecule has 6 heteroatoms. The van der Waals surface area contributed by atoms with Crippen molar-refractivity contribution in [2.75, 3.05) is 12.0 Å². The Kier molecular flexibility index (Phi) is 5.72. The Balaban J connectivity index is 1.55. The van der Waals surface area contributed by atoms with Gasteiger partial charge in [0.2, 0.25) is 11.8 Å². The van der Waals surface area contributed by atoms with Crippen LogP contribution in [0.3, 0.4) is 0 Å². The third-order valence-corrected chi connectivity index (χ3v) is 5.35. The maximum absolute atomic E-state index is 13.2. The van der Waals surface area contributed by atoms with Gasteiger partial charge in [-0.25, -0.2) is 4.98 Å². The van der Waals surface area contributed by atoms with Crippen LogP contribution in [0.25, 0.3) is 11.5 Å². The van der Waals surface area contributed by atoms with Crippen molar-refractivity contribution in [2.24, 2.45) is 0 Å². The van der Waals surface area contributed by atoms with Crippen molar-refractivity contribution in [2.45, 2.75) is 13.0 Å². The largest absolute Gasteiger partial charge is 0.497 e. The monoisotopic (exact) mass is 404 g/mol. The average molecular weight is 404 g/mol. The molecule has 0 aliphatic heterocycles. The van der Waals surface area contributed by atoms with Gasteiger partial charge in [-0.2, -0.15) is 0 Å². The molecule has 0 unspecified atom stereocenters. The van der Waals surface area contributed by atoms with Gasteiger partial charge >= 0.3 is 0 Å². The zero-order chi connectivity index (χ0) is 20.1. The summed E-state index contributed by atoms with van der Waals surface area (Å²) in [6.07, 6.45) is 1.71. The molecule has 0 aliphatic rings. The molecular weight excluding hydrogens is 384 g/mol. The van der Waals surface area contributed by atoms with Gasteiger partial charge in [0.1, 0.15) is 12.0 Å². The maximum atomic E-state index is 13.2.